The lowest BCUT2D eigenvalue weighted by atomic mass is 10.1. The number of nitro groups is 1. The monoisotopic (exact) mass is 247 g/mol. The van der Waals surface area contributed by atoms with Crippen molar-refractivity contribution in [2.45, 2.75) is 19.5 Å². The van der Waals surface area contributed by atoms with Crippen LogP contribution in [0.3, 0.4) is 0 Å². The first kappa shape index (κ1) is 12.3. The Hall–Kier alpha value is -2.21. The zero-order valence-corrected chi connectivity index (χ0v) is 9.87. The minimum atomic E-state index is -0.371. The zero-order chi connectivity index (χ0) is 13.0. The Labute approximate surface area is 104 Å². The quantitative estimate of drug-likeness (QED) is 0.648. The van der Waals surface area contributed by atoms with Crippen molar-refractivity contribution in [1.82, 2.24) is 10.5 Å². The van der Waals surface area contributed by atoms with Crippen LogP contribution in [-0.2, 0) is 6.54 Å². The van der Waals surface area contributed by atoms with Crippen LogP contribution in [-0.4, -0.2) is 10.1 Å². The minimum Gasteiger partial charge on any atom is -0.364 e. The molecule has 0 radical (unpaired) electrons. The van der Waals surface area contributed by atoms with Gasteiger partial charge in [0.2, 0.25) is 0 Å². The molecule has 6 nitrogen and oxygen atoms in total. The third kappa shape index (κ3) is 2.72. The number of para-hydroxylation sites is 1. The van der Waals surface area contributed by atoms with Gasteiger partial charge in [0.15, 0.2) is 0 Å². The molecule has 0 aliphatic heterocycles. The number of nitrogens with one attached hydrogen (secondary N) is 1. The van der Waals surface area contributed by atoms with E-state index in [2.05, 4.69) is 10.5 Å². The third-order valence-electron chi connectivity index (χ3n) is 2.68. The van der Waals surface area contributed by atoms with E-state index in [1.165, 1.54) is 12.3 Å². The molecule has 0 bridgehead atoms. The van der Waals surface area contributed by atoms with Gasteiger partial charge in [-0.3, -0.25) is 10.1 Å². The molecule has 0 fully saturated rings. The van der Waals surface area contributed by atoms with Crippen LogP contribution in [0.1, 0.15) is 24.2 Å². The molecule has 94 valence electrons. The van der Waals surface area contributed by atoms with E-state index in [4.69, 9.17) is 4.52 Å². The van der Waals surface area contributed by atoms with Gasteiger partial charge in [0.05, 0.1) is 10.6 Å². The lowest BCUT2D eigenvalue weighted by Crippen LogP contribution is -2.19. The van der Waals surface area contributed by atoms with E-state index in [0.29, 0.717) is 12.1 Å². The lowest BCUT2D eigenvalue weighted by molar-refractivity contribution is -0.385. The lowest BCUT2D eigenvalue weighted by Gasteiger charge is -2.13. The van der Waals surface area contributed by atoms with Crippen molar-refractivity contribution in [2.75, 3.05) is 0 Å². The highest BCUT2D eigenvalue weighted by Crippen LogP contribution is 2.24. The zero-order valence-electron chi connectivity index (χ0n) is 9.87. The molecular formula is C12H13N3O3. The van der Waals surface area contributed by atoms with Gasteiger partial charge in [-0.05, 0) is 6.92 Å². The Kier molecular flexibility index (Phi) is 3.69. The predicted molar refractivity (Wildman–Crippen MR) is 64.9 cm³/mol. The maximum Gasteiger partial charge on any atom is 0.274 e. The van der Waals surface area contributed by atoms with Gasteiger partial charge in [0, 0.05) is 30.3 Å². The first-order chi connectivity index (χ1) is 8.68. The van der Waals surface area contributed by atoms with Gasteiger partial charge in [-0.2, -0.15) is 0 Å². The van der Waals surface area contributed by atoms with Crippen LogP contribution in [0.5, 0.6) is 0 Å². The van der Waals surface area contributed by atoms with Gasteiger partial charge in [0.1, 0.15) is 6.26 Å². The van der Waals surface area contributed by atoms with Crippen LogP contribution >= 0.6 is 0 Å². The molecule has 18 heavy (non-hydrogen) atoms. The van der Waals surface area contributed by atoms with Gasteiger partial charge in [-0.1, -0.05) is 23.4 Å². The maximum absolute atomic E-state index is 10.9. The first-order valence-electron chi connectivity index (χ1n) is 5.54. The topological polar surface area (TPSA) is 81.2 Å². The van der Waals surface area contributed by atoms with E-state index in [1.807, 2.05) is 6.92 Å². The molecule has 0 spiro atoms. The highest BCUT2D eigenvalue weighted by Gasteiger charge is 2.17. The van der Waals surface area contributed by atoms with Gasteiger partial charge >= 0.3 is 0 Å². The second-order valence-corrected chi connectivity index (χ2v) is 3.91. The summed E-state index contributed by atoms with van der Waals surface area (Å²) in [6.45, 7) is 2.38. The molecule has 1 heterocycles. The molecule has 0 amide bonds. The molecule has 1 unspecified atom stereocenters. The van der Waals surface area contributed by atoms with Crippen molar-refractivity contribution < 1.29 is 9.45 Å². The molecule has 0 aliphatic carbocycles. The van der Waals surface area contributed by atoms with Crippen molar-refractivity contribution >= 4 is 5.69 Å². The number of rotatable bonds is 5. The molecule has 1 aromatic heterocycles. The standard InChI is InChI=1S/C12H13N3O3/c1-9(13-8-10-6-7-18-14-10)11-4-2-3-5-12(11)15(16)17/h2-7,9,13H,8H2,1H3. The number of benzene rings is 1. The molecule has 1 atom stereocenters. The molecule has 0 aliphatic rings. The fourth-order valence-corrected chi connectivity index (χ4v) is 1.72. The summed E-state index contributed by atoms with van der Waals surface area (Å²) in [6.07, 6.45) is 1.49. The van der Waals surface area contributed by atoms with Gasteiger partial charge in [-0.15, -0.1) is 0 Å². The fraction of sp³-hybridized carbons (Fsp3) is 0.250. The Balaban J connectivity index is 2.09. The van der Waals surface area contributed by atoms with E-state index >= 15 is 0 Å². The maximum atomic E-state index is 10.9. The highest BCUT2D eigenvalue weighted by molar-refractivity contribution is 5.41. The summed E-state index contributed by atoms with van der Waals surface area (Å²) in [5, 5.41) is 17.8. The largest absolute Gasteiger partial charge is 0.364 e. The smallest absolute Gasteiger partial charge is 0.274 e. The fourth-order valence-electron chi connectivity index (χ4n) is 1.72. The number of hydrogen-bond acceptors (Lipinski definition) is 5. The minimum absolute atomic E-state index is 0.123. The summed E-state index contributed by atoms with van der Waals surface area (Å²) < 4.78 is 4.72. The van der Waals surface area contributed by atoms with Crippen LogP contribution < -0.4 is 5.32 Å². The SMILES string of the molecule is CC(NCc1ccon1)c1ccccc1[N+](=O)[O-]. The summed E-state index contributed by atoms with van der Waals surface area (Å²) in [5.41, 5.74) is 1.55. The molecule has 2 rings (SSSR count). The molecule has 1 N–H and O–H groups in total. The molecule has 1 aromatic carbocycles. The summed E-state index contributed by atoms with van der Waals surface area (Å²) in [5.74, 6) is 0. The first-order valence-corrected chi connectivity index (χ1v) is 5.54. The number of nitrogens with zero attached hydrogens (tertiary/aromatic N) is 2. The Morgan fingerprint density at radius 3 is 2.89 bits per heavy atom. The van der Waals surface area contributed by atoms with Crippen molar-refractivity contribution in [2.24, 2.45) is 0 Å². The van der Waals surface area contributed by atoms with Crippen molar-refractivity contribution in [1.29, 1.82) is 0 Å². The molecule has 0 saturated carbocycles. The molecule has 0 saturated heterocycles. The van der Waals surface area contributed by atoms with Crippen molar-refractivity contribution in [3.63, 3.8) is 0 Å². The predicted octanol–water partition coefficient (Wildman–Crippen LogP) is 2.43. The van der Waals surface area contributed by atoms with E-state index in [0.717, 1.165) is 5.69 Å². The van der Waals surface area contributed by atoms with Crippen LogP contribution in [0.2, 0.25) is 0 Å². The summed E-state index contributed by atoms with van der Waals surface area (Å²) in [7, 11) is 0. The third-order valence-corrected chi connectivity index (χ3v) is 2.68. The second kappa shape index (κ2) is 5.42. The van der Waals surface area contributed by atoms with E-state index in [-0.39, 0.29) is 16.7 Å². The van der Waals surface area contributed by atoms with E-state index < -0.39 is 0 Å². The average Bonchev–Trinajstić information content (AvgIpc) is 2.89. The highest BCUT2D eigenvalue weighted by atomic mass is 16.6. The van der Waals surface area contributed by atoms with Crippen LogP contribution in [0.15, 0.2) is 41.1 Å². The van der Waals surface area contributed by atoms with Crippen LogP contribution in [0, 0.1) is 10.1 Å². The number of nitro benzene ring substituents is 1. The van der Waals surface area contributed by atoms with Gasteiger partial charge < -0.3 is 9.84 Å². The number of hydrogen-bond donors (Lipinski definition) is 1. The second-order valence-electron chi connectivity index (χ2n) is 3.91. The molecule has 6 heteroatoms. The Morgan fingerprint density at radius 1 is 1.44 bits per heavy atom. The van der Waals surface area contributed by atoms with Crippen LogP contribution in [0.4, 0.5) is 5.69 Å². The van der Waals surface area contributed by atoms with Crippen LogP contribution in [0.25, 0.3) is 0 Å². The molecule has 2 aromatic rings. The summed E-state index contributed by atoms with van der Waals surface area (Å²) in [4.78, 5) is 10.5. The van der Waals surface area contributed by atoms with Gasteiger partial charge in [-0.25, -0.2) is 0 Å². The van der Waals surface area contributed by atoms with Gasteiger partial charge in [0.25, 0.3) is 5.69 Å². The molecular weight excluding hydrogens is 234 g/mol. The average molecular weight is 247 g/mol. The number of aromatic nitrogens is 1. The normalized spacial score (nSPS) is 12.3. The Morgan fingerprint density at radius 2 is 2.22 bits per heavy atom. The summed E-state index contributed by atoms with van der Waals surface area (Å²) in [6, 6.07) is 8.31. The van der Waals surface area contributed by atoms with Crippen molar-refractivity contribution in [3.8, 4) is 0 Å². The van der Waals surface area contributed by atoms with E-state index in [9.17, 15) is 10.1 Å². The van der Waals surface area contributed by atoms with Crippen molar-refractivity contribution in [3.05, 3.63) is 58.0 Å². The van der Waals surface area contributed by atoms with E-state index in [1.54, 1.807) is 24.3 Å². The summed E-state index contributed by atoms with van der Waals surface area (Å²) >= 11 is 0. The Bertz CT molecular complexity index is 525.